The van der Waals surface area contributed by atoms with Crippen molar-refractivity contribution in [2.24, 2.45) is 5.73 Å². The summed E-state index contributed by atoms with van der Waals surface area (Å²) in [7, 11) is 0. The number of ether oxygens (including phenoxy) is 1. The first kappa shape index (κ1) is 14.1. The predicted molar refractivity (Wildman–Crippen MR) is 80.3 cm³/mol. The van der Waals surface area contributed by atoms with Crippen LogP contribution in [0.5, 0.6) is 11.5 Å². The van der Waals surface area contributed by atoms with Gasteiger partial charge in [0.1, 0.15) is 11.5 Å². The Kier molecular flexibility index (Phi) is 4.08. The van der Waals surface area contributed by atoms with E-state index in [9.17, 15) is 4.79 Å². The summed E-state index contributed by atoms with van der Waals surface area (Å²) in [5, 5.41) is 0. The minimum absolute atomic E-state index is 0.423. The third kappa shape index (κ3) is 2.67. The van der Waals surface area contributed by atoms with Gasteiger partial charge in [-0.25, -0.2) is 0 Å². The molecule has 0 fully saturated rings. The lowest BCUT2D eigenvalue weighted by molar-refractivity contribution is 0.0999. The Labute approximate surface area is 119 Å². The molecule has 0 bridgehead atoms. The fourth-order valence-electron chi connectivity index (χ4n) is 2.21. The molecule has 0 spiro atoms. The van der Waals surface area contributed by atoms with Crippen LogP contribution in [0.4, 0.5) is 0 Å². The van der Waals surface area contributed by atoms with Crippen LogP contribution in [0, 0.1) is 13.8 Å². The molecule has 0 aliphatic carbocycles. The smallest absolute Gasteiger partial charge is 0.249 e. The van der Waals surface area contributed by atoms with Gasteiger partial charge in [-0.15, -0.1) is 0 Å². The third-order valence-electron chi connectivity index (χ3n) is 3.53. The molecule has 2 aromatic rings. The van der Waals surface area contributed by atoms with Crippen LogP contribution in [-0.2, 0) is 6.42 Å². The Morgan fingerprint density at radius 2 is 1.75 bits per heavy atom. The molecule has 0 unspecified atom stereocenters. The quantitative estimate of drug-likeness (QED) is 0.918. The topological polar surface area (TPSA) is 52.3 Å². The van der Waals surface area contributed by atoms with Gasteiger partial charge in [-0.05, 0) is 49.6 Å². The molecule has 0 heterocycles. The van der Waals surface area contributed by atoms with Crippen molar-refractivity contribution < 1.29 is 9.53 Å². The summed E-state index contributed by atoms with van der Waals surface area (Å²) in [6.07, 6.45) is 0.694. The van der Waals surface area contributed by atoms with Crippen LogP contribution in [0.25, 0.3) is 0 Å². The SMILES string of the molecule is CCc1c(Oc2cccc(C)c2C)cccc1C(N)=O. The summed E-state index contributed by atoms with van der Waals surface area (Å²) >= 11 is 0. The van der Waals surface area contributed by atoms with Gasteiger partial charge in [0.05, 0.1) is 0 Å². The average molecular weight is 269 g/mol. The zero-order valence-electron chi connectivity index (χ0n) is 12.1. The highest BCUT2D eigenvalue weighted by molar-refractivity contribution is 5.95. The highest BCUT2D eigenvalue weighted by atomic mass is 16.5. The number of benzene rings is 2. The summed E-state index contributed by atoms with van der Waals surface area (Å²) in [6, 6.07) is 11.3. The van der Waals surface area contributed by atoms with Gasteiger partial charge >= 0.3 is 0 Å². The van der Waals surface area contributed by atoms with Crippen molar-refractivity contribution in [1.29, 1.82) is 0 Å². The minimum Gasteiger partial charge on any atom is -0.457 e. The molecule has 0 aliphatic rings. The first-order valence-electron chi connectivity index (χ1n) is 6.70. The van der Waals surface area contributed by atoms with Gasteiger partial charge in [0, 0.05) is 11.1 Å². The molecule has 2 rings (SSSR count). The second-order valence-electron chi connectivity index (χ2n) is 4.80. The molecule has 0 saturated heterocycles. The molecule has 0 atom stereocenters. The molecule has 2 N–H and O–H groups in total. The first-order chi connectivity index (χ1) is 9.54. The maximum Gasteiger partial charge on any atom is 0.249 e. The second-order valence-corrected chi connectivity index (χ2v) is 4.80. The van der Waals surface area contributed by atoms with E-state index in [1.54, 1.807) is 12.1 Å². The van der Waals surface area contributed by atoms with E-state index in [0.29, 0.717) is 17.7 Å². The van der Waals surface area contributed by atoms with Gasteiger partial charge in [-0.3, -0.25) is 4.79 Å². The van der Waals surface area contributed by atoms with Gasteiger partial charge in [-0.2, -0.15) is 0 Å². The van der Waals surface area contributed by atoms with Gasteiger partial charge in [0.2, 0.25) is 5.91 Å². The lowest BCUT2D eigenvalue weighted by Gasteiger charge is -2.15. The molecule has 0 radical (unpaired) electrons. The molecular formula is C17H19NO2. The van der Waals surface area contributed by atoms with Crippen LogP contribution in [0.1, 0.15) is 34.0 Å². The van der Waals surface area contributed by atoms with E-state index in [0.717, 1.165) is 16.9 Å². The summed E-state index contributed by atoms with van der Waals surface area (Å²) in [6.45, 7) is 6.05. The molecule has 0 aliphatic heterocycles. The largest absolute Gasteiger partial charge is 0.457 e. The second kappa shape index (κ2) is 5.78. The van der Waals surface area contributed by atoms with Crippen LogP contribution in [0.15, 0.2) is 36.4 Å². The number of primary amides is 1. The summed E-state index contributed by atoms with van der Waals surface area (Å²) < 4.78 is 6.00. The number of aryl methyl sites for hydroxylation is 1. The number of nitrogens with two attached hydrogens (primary N) is 1. The van der Waals surface area contributed by atoms with E-state index in [-0.39, 0.29) is 0 Å². The maximum atomic E-state index is 11.5. The first-order valence-corrected chi connectivity index (χ1v) is 6.70. The molecular weight excluding hydrogens is 250 g/mol. The lowest BCUT2D eigenvalue weighted by atomic mass is 10.0. The monoisotopic (exact) mass is 269 g/mol. The number of carbonyl (C=O) groups excluding carboxylic acids is 1. The fourth-order valence-corrected chi connectivity index (χ4v) is 2.21. The van der Waals surface area contributed by atoms with Crippen molar-refractivity contribution in [3.8, 4) is 11.5 Å². The molecule has 0 aromatic heterocycles. The molecule has 20 heavy (non-hydrogen) atoms. The molecule has 2 aromatic carbocycles. The Morgan fingerprint density at radius 1 is 1.10 bits per heavy atom. The van der Waals surface area contributed by atoms with Crippen molar-refractivity contribution in [3.63, 3.8) is 0 Å². The Hall–Kier alpha value is -2.29. The van der Waals surface area contributed by atoms with Crippen LogP contribution in [0.2, 0.25) is 0 Å². The molecule has 3 heteroatoms. The van der Waals surface area contributed by atoms with E-state index in [4.69, 9.17) is 10.5 Å². The van der Waals surface area contributed by atoms with Crippen LogP contribution in [0.3, 0.4) is 0 Å². The van der Waals surface area contributed by atoms with E-state index in [2.05, 4.69) is 0 Å². The van der Waals surface area contributed by atoms with Gasteiger partial charge in [0.25, 0.3) is 0 Å². The van der Waals surface area contributed by atoms with Crippen LogP contribution in [-0.4, -0.2) is 5.91 Å². The standard InChI is InChI=1S/C17H19NO2/c1-4-13-14(17(18)19)8-6-10-16(13)20-15-9-5-7-11(2)12(15)3/h5-10H,4H2,1-3H3,(H2,18,19). The number of hydrogen-bond acceptors (Lipinski definition) is 2. The lowest BCUT2D eigenvalue weighted by Crippen LogP contribution is -2.14. The van der Waals surface area contributed by atoms with Crippen molar-refractivity contribution in [2.75, 3.05) is 0 Å². The number of amides is 1. The van der Waals surface area contributed by atoms with Crippen molar-refractivity contribution in [3.05, 3.63) is 58.7 Å². The minimum atomic E-state index is -0.423. The zero-order chi connectivity index (χ0) is 14.7. The number of rotatable bonds is 4. The average Bonchev–Trinajstić information content (AvgIpc) is 2.43. The highest BCUT2D eigenvalue weighted by Gasteiger charge is 2.13. The number of carbonyl (C=O) groups is 1. The van der Waals surface area contributed by atoms with Crippen LogP contribution < -0.4 is 10.5 Å². The zero-order valence-corrected chi connectivity index (χ0v) is 12.1. The van der Waals surface area contributed by atoms with Gasteiger partial charge in [-0.1, -0.05) is 25.1 Å². The van der Waals surface area contributed by atoms with Crippen LogP contribution >= 0.6 is 0 Å². The third-order valence-corrected chi connectivity index (χ3v) is 3.53. The van der Waals surface area contributed by atoms with E-state index in [1.165, 1.54) is 5.56 Å². The summed E-state index contributed by atoms with van der Waals surface area (Å²) in [4.78, 5) is 11.5. The highest BCUT2D eigenvalue weighted by Crippen LogP contribution is 2.31. The van der Waals surface area contributed by atoms with E-state index < -0.39 is 5.91 Å². The van der Waals surface area contributed by atoms with Gasteiger partial charge in [0.15, 0.2) is 0 Å². The summed E-state index contributed by atoms with van der Waals surface area (Å²) in [5.74, 6) is 1.08. The Morgan fingerprint density at radius 3 is 2.40 bits per heavy atom. The van der Waals surface area contributed by atoms with E-state index in [1.807, 2.05) is 45.0 Å². The summed E-state index contributed by atoms with van der Waals surface area (Å²) in [5.41, 5.74) is 9.05. The molecule has 1 amide bonds. The van der Waals surface area contributed by atoms with E-state index >= 15 is 0 Å². The van der Waals surface area contributed by atoms with Crippen molar-refractivity contribution >= 4 is 5.91 Å². The molecule has 3 nitrogen and oxygen atoms in total. The molecule has 0 saturated carbocycles. The van der Waals surface area contributed by atoms with Crippen molar-refractivity contribution in [2.45, 2.75) is 27.2 Å². The normalized spacial score (nSPS) is 10.3. The van der Waals surface area contributed by atoms with Crippen molar-refractivity contribution in [1.82, 2.24) is 0 Å². The number of hydrogen-bond donors (Lipinski definition) is 1. The fraction of sp³-hybridized carbons (Fsp3) is 0.235. The Bertz CT molecular complexity index is 647. The molecule has 104 valence electrons. The predicted octanol–water partition coefficient (Wildman–Crippen LogP) is 3.76. The maximum absolute atomic E-state index is 11.5. The van der Waals surface area contributed by atoms with Gasteiger partial charge < -0.3 is 10.5 Å². The Balaban J connectivity index is 2.46.